The topological polar surface area (TPSA) is 107 Å². The standard InChI is InChI=1S/C36H32BrN5O3/c1-2-33(43)39-29-19-26(18-27(37)20-29)35(44)40-28-13-16-42(17-14-28)22-23-8-10-25(11-9-23)34-30(24-6-4-3-5-7-24)21-31-32(41-34)12-15-38-36(31)45/h2-12,15,18-21,28H,1,13-14,16-17,22H2,(H,38,45)(H,39,43)(H,40,44). The van der Waals surface area contributed by atoms with Gasteiger partial charge in [-0.05, 0) is 60.4 Å². The number of aromatic amines is 1. The molecule has 3 N–H and O–H groups in total. The van der Waals surface area contributed by atoms with Crippen LogP contribution in [0.4, 0.5) is 5.69 Å². The van der Waals surface area contributed by atoms with Crippen molar-refractivity contribution >= 4 is 44.3 Å². The molecule has 6 rings (SSSR count). The quantitative estimate of drug-likeness (QED) is 0.164. The van der Waals surface area contributed by atoms with Gasteiger partial charge < -0.3 is 15.6 Å². The maximum Gasteiger partial charge on any atom is 0.257 e. The number of carbonyl (C=O) groups is 2. The number of piperidine rings is 1. The van der Waals surface area contributed by atoms with Crippen molar-refractivity contribution in [3.05, 3.63) is 130 Å². The van der Waals surface area contributed by atoms with E-state index in [0.717, 1.165) is 54.9 Å². The first-order valence-corrected chi connectivity index (χ1v) is 15.6. The molecule has 3 aromatic carbocycles. The number of fused-ring (bicyclic) bond motifs is 1. The van der Waals surface area contributed by atoms with E-state index in [1.807, 2.05) is 42.5 Å². The van der Waals surface area contributed by atoms with Gasteiger partial charge in [-0.1, -0.05) is 77.1 Å². The molecular formula is C36H32BrN5O3. The molecular weight excluding hydrogens is 630 g/mol. The monoisotopic (exact) mass is 661 g/mol. The molecule has 0 bridgehead atoms. The number of pyridine rings is 2. The molecule has 2 aromatic heterocycles. The summed E-state index contributed by atoms with van der Waals surface area (Å²) in [4.78, 5) is 47.3. The van der Waals surface area contributed by atoms with Crippen molar-refractivity contribution in [3.63, 3.8) is 0 Å². The zero-order valence-corrected chi connectivity index (χ0v) is 26.1. The average molecular weight is 663 g/mol. The largest absolute Gasteiger partial charge is 0.349 e. The van der Waals surface area contributed by atoms with Gasteiger partial charge in [-0.2, -0.15) is 0 Å². The van der Waals surface area contributed by atoms with Crippen molar-refractivity contribution in [2.24, 2.45) is 0 Å². The van der Waals surface area contributed by atoms with E-state index in [1.54, 1.807) is 24.4 Å². The minimum atomic E-state index is -0.332. The summed E-state index contributed by atoms with van der Waals surface area (Å²) >= 11 is 3.42. The third-order valence-corrected chi connectivity index (χ3v) is 8.46. The summed E-state index contributed by atoms with van der Waals surface area (Å²) in [6.45, 7) is 6.01. The lowest BCUT2D eigenvalue weighted by Gasteiger charge is -2.32. The number of H-pyrrole nitrogens is 1. The Kier molecular flexibility index (Phi) is 9.00. The van der Waals surface area contributed by atoms with Gasteiger partial charge in [0.25, 0.3) is 11.5 Å². The number of rotatable bonds is 8. The SMILES string of the molecule is C=CC(=O)Nc1cc(Br)cc(C(=O)NC2CCN(Cc3ccc(-c4nc5cc[nH]c(=O)c5cc4-c4ccccc4)cc3)CC2)c1. The summed E-state index contributed by atoms with van der Waals surface area (Å²) in [5.74, 6) is -0.497. The molecule has 1 aliphatic rings. The third kappa shape index (κ3) is 7.11. The minimum Gasteiger partial charge on any atom is -0.349 e. The molecule has 8 nitrogen and oxygen atoms in total. The van der Waals surface area contributed by atoms with E-state index in [-0.39, 0.29) is 23.4 Å². The highest BCUT2D eigenvalue weighted by molar-refractivity contribution is 9.10. The Morgan fingerprint density at radius 1 is 0.978 bits per heavy atom. The second-order valence-electron chi connectivity index (χ2n) is 11.1. The van der Waals surface area contributed by atoms with E-state index in [2.05, 4.69) is 67.3 Å². The molecule has 0 atom stereocenters. The number of halogens is 1. The van der Waals surface area contributed by atoms with Crippen LogP contribution >= 0.6 is 15.9 Å². The van der Waals surface area contributed by atoms with Crippen LogP contribution in [0.5, 0.6) is 0 Å². The van der Waals surface area contributed by atoms with Crippen LogP contribution in [0.25, 0.3) is 33.3 Å². The zero-order chi connectivity index (χ0) is 31.3. The molecule has 1 fully saturated rings. The molecule has 45 heavy (non-hydrogen) atoms. The number of hydrogen-bond acceptors (Lipinski definition) is 5. The summed E-state index contributed by atoms with van der Waals surface area (Å²) < 4.78 is 0.707. The molecule has 9 heteroatoms. The van der Waals surface area contributed by atoms with E-state index in [0.29, 0.717) is 26.6 Å². The predicted octanol–water partition coefficient (Wildman–Crippen LogP) is 6.54. The van der Waals surface area contributed by atoms with Gasteiger partial charge in [0.1, 0.15) is 0 Å². The van der Waals surface area contributed by atoms with Gasteiger partial charge in [0.15, 0.2) is 0 Å². The molecule has 5 aromatic rings. The molecule has 0 unspecified atom stereocenters. The molecule has 0 radical (unpaired) electrons. The molecule has 3 heterocycles. The number of benzene rings is 3. The zero-order valence-electron chi connectivity index (χ0n) is 24.6. The molecule has 2 amide bonds. The molecule has 226 valence electrons. The van der Waals surface area contributed by atoms with E-state index in [9.17, 15) is 14.4 Å². The Morgan fingerprint density at radius 3 is 2.47 bits per heavy atom. The van der Waals surface area contributed by atoms with Crippen LogP contribution in [-0.4, -0.2) is 45.8 Å². The van der Waals surface area contributed by atoms with Crippen molar-refractivity contribution < 1.29 is 9.59 Å². The predicted molar refractivity (Wildman–Crippen MR) is 182 cm³/mol. The summed E-state index contributed by atoms with van der Waals surface area (Å²) in [5.41, 5.74) is 6.46. The van der Waals surface area contributed by atoms with Crippen LogP contribution in [0.2, 0.25) is 0 Å². The first-order valence-electron chi connectivity index (χ1n) is 14.8. The maximum atomic E-state index is 13.0. The number of nitrogens with zero attached hydrogens (tertiary/aromatic N) is 2. The molecule has 0 aliphatic carbocycles. The van der Waals surface area contributed by atoms with Crippen LogP contribution in [-0.2, 0) is 11.3 Å². The van der Waals surface area contributed by atoms with E-state index in [1.165, 1.54) is 11.6 Å². The average Bonchev–Trinajstić information content (AvgIpc) is 3.06. The van der Waals surface area contributed by atoms with Crippen LogP contribution in [0.15, 0.2) is 113 Å². The van der Waals surface area contributed by atoms with Crippen molar-refractivity contribution in [3.8, 4) is 22.4 Å². The maximum absolute atomic E-state index is 13.0. The molecule has 1 saturated heterocycles. The van der Waals surface area contributed by atoms with Gasteiger partial charge in [-0.25, -0.2) is 4.98 Å². The van der Waals surface area contributed by atoms with E-state index >= 15 is 0 Å². The number of hydrogen-bond donors (Lipinski definition) is 3. The van der Waals surface area contributed by atoms with Gasteiger partial charge in [-0.15, -0.1) is 0 Å². The Hall–Kier alpha value is -4.86. The minimum absolute atomic E-state index is 0.0731. The van der Waals surface area contributed by atoms with Crippen molar-refractivity contribution in [1.29, 1.82) is 0 Å². The van der Waals surface area contributed by atoms with Gasteiger partial charge >= 0.3 is 0 Å². The normalized spacial score (nSPS) is 13.8. The van der Waals surface area contributed by atoms with Crippen LogP contribution < -0.4 is 16.2 Å². The number of aromatic nitrogens is 2. The Labute approximate surface area is 269 Å². The number of carbonyl (C=O) groups excluding carboxylic acids is 2. The van der Waals surface area contributed by atoms with E-state index < -0.39 is 0 Å². The summed E-state index contributed by atoms with van der Waals surface area (Å²) in [6, 6.07) is 27.5. The number of amides is 2. The molecule has 1 aliphatic heterocycles. The highest BCUT2D eigenvalue weighted by atomic mass is 79.9. The number of nitrogens with one attached hydrogen (secondary N) is 3. The van der Waals surface area contributed by atoms with Gasteiger partial charge in [-0.3, -0.25) is 19.3 Å². The van der Waals surface area contributed by atoms with Crippen LogP contribution in [0, 0.1) is 0 Å². The first kappa shape index (κ1) is 30.2. The Balaban J connectivity index is 1.10. The third-order valence-electron chi connectivity index (χ3n) is 8.01. The van der Waals surface area contributed by atoms with Crippen LogP contribution in [0.3, 0.4) is 0 Å². The lowest BCUT2D eigenvalue weighted by atomic mass is 9.97. The molecule has 0 spiro atoms. The smallest absolute Gasteiger partial charge is 0.257 e. The van der Waals surface area contributed by atoms with Gasteiger partial charge in [0, 0.05) is 58.7 Å². The Morgan fingerprint density at radius 2 is 1.73 bits per heavy atom. The van der Waals surface area contributed by atoms with E-state index in [4.69, 9.17) is 4.98 Å². The van der Waals surface area contributed by atoms with Crippen LogP contribution in [0.1, 0.15) is 28.8 Å². The second-order valence-corrected chi connectivity index (χ2v) is 12.0. The molecule has 0 saturated carbocycles. The fourth-order valence-corrected chi connectivity index (χ4v) is 6.18. The first-order chi connectivity index (χ1) is 21.9. The summed E-state index contributed by atoms with van der Waals surface area (Å²) in [7, 11) is 0. The van der Waals surface area contributed by atoms with Crippen molar-refractivity contribution in [2.45, 2.75) is 25.4 Å². The fraction of sp³-hybridized carbons (Fsp3) is 0.167. The fourth-order valence-electron chi connectivity index (χ4n) is 5.68. The number of likely N-dealkylation sites (tertiary alicyclic amines) is 1. The summed E-state index contributed by atoms with van der Waals surface area (Å²) in [5, 5.41) is 6.42. The highest BCUT2D eigenvalue weighted by Gasteiger charge is 2.22. The lowest BCUT2D eigenvalue weighted by molar-refractivity contribution is -0.111. The Bertz CT molecular complexity index is 1930. The summed E-state index contributed by atoms with van der Waals surface area (Å²) in [6.07, 6.45) is 4.51. The van der Waals surface area contributed by atoms with Gasteiger partial charge in [0.05, 0.1) is 16.6 Å². The van der Waals surface area contributed by atoms with Crippen molar-refractivity contribution in [1.82, 2.24) is 20.2 Å². The van der Waals surface area contributed by atoms with Crippen molar-refractivity contribution in [2.75, 3.05) is 18.4 Å². The highest BCUT2D eigenvalue weighted by Crippen LogP contribution is 2.33. The lowest BCUT2D eigenvalue weighted by Crippen LogP contribution is -2.44. The number of anilines is 1. The van der Waals surface area contributed by atoms with Gasteiger partial charge in [0.2, 0.25) is 5.91 Å². The second kappa shape index (κ2) is 13.4.